The van der Waals surface area contributed by atoms with Gasteiger partial charge in [0.2, 0.25) is 5.91 Å². The van der Waals surface area contributed by atoms with Crippen LogP contribution in [0.25, 0.3) is 0 Å². The van der Waals surface area contributed by atoms with Gasteiger partial charge in [-0.25, -0.2) is 4.98 Å². The molecule has 5 rings (SSSR count). The van der Waals surface area contributed by atoms with Crippen LogP contribution in [0.2, 0.25) is 0 Å². The molecule has 0 bridgehead atoms. The van der Waals surface area contributed by atoms with Gasteiger partial charge in [0.1, 0.15) is 0 Å². The third kappa shape index (κ3) is 3.90. The summed E-state index contributed by atoms with van der Waals surface area (Å²) in [6, 6.07) is 4.01. The second-order valence-electron chi connectivity index (χ2n) is 10.2. The summed E-state index contributed by atoms with van der Waals surface area (Å²) in [7, 11) is 0. The highest BCUT2D eigenvalue weighted by molar-refractivity contribution is 7.16. The van der Waals surface area contributed by atoms with Crippen LogP contribution in [0.4, 0.5) is 5.13 Å². The Labute approximate surface area is 196 Å². The number of carbonyl (C=O) groups is 2. The second kappa shape index (κ2) is 8.22. The smallest absolute Gasteiger partial charge is 0.267 e. The minimum atomic E-state index is -0.539. The van der Waals surface area contributed by atoms with Gasteiger partial charge in [-0.2, -0.15) is 0 Å². The highest BCUT2D eigenvalue weighted by Crippen LogP contribution is 2.57. The Morgan fingerprint density at radius 1 is 1.31 bits per heavy atom. The number of fused-ring (bicyclic) bond motifs is 2. The number of carbonyl (C=O) groups excluding carboxylic acids is 2. The van der Waals surface area contributed by atoms with E-state index in [1.165, 1.54) is 16.2 Å². The lowest BCUT2D eigenvalue weighted by Crippen LogP contribution is -2.53. The maximum absolute atomic E-state index is 12.7. The maximum atomic E-state index is 12.7. The van der Waals surface area contributed by atoms with Crippen LogP contribution in [-0.2, 0) is 11.2 Å². The summed E-state index contributed by atoms with van der Waals surface area (Å²) < 4.78 is 0. The molecule has 0 radical (unpaired) electrons. The molecule has 3 aliphatic carbocycles. The summed E-state index contributed by atoms with van der Waals surface area (Å²) in [6.07, 6.45) is 4.30. The van der Waals surface area contributed by atoms with Crippen molar-refractivity contribution in [1.29, 1.82) is 0 Å². The lowest BCUT2D eigenvalue weighted by atomic mass is 9.53. The fraction of sp³-hybridized carbons (Fsp3) is 0.625. The van der Waals surface area contributed by atoms with E-state index in [2.05, 4.69) is 24.5 Å². The zero-order valence-electron chi connectivity index (χ0n) is 18.8. The first kappa shape index (κ1) is 22.0. The molecule has 6 nitrogen and oxygen atoms in total. The molecule has 0 spiro atoms. The normalized spacial score (nSPS) is 32.5. The fourth-order valence-corrected chi connectivity index (χ4v) is 7.80. The minimum Gasteiger partial charge on any atom is -0.392 e. The Kier molecular flexibility index (Phi) is 5.66. The number of rotatable bonds is 5. The summed E-state index contributed by atoms with van der Waals surface area (Å²) in [4.78, 5) is 31.8. The number of aromatic nitrogens is 1. The van der Waals surface area contributed by atoms with Crippen LogP contribution in [0.3, 0.4) is 0 Å². The first-order chi connectivity index (χ1) is 15.3. The summed E-state index contributed by atoms with van der Waals surface area (Å²) in [5.41, 5.74) is 0.963. The molecule has 3 N–H and O–H groups in total. The van der Waals surface area contributed by atoms with Gasteiger partial charge in [0.25, 0.3) is 5.91 Å². The van der Waals surface area contributed by atoms with Crippen LogP contribution < -0.4 is 10.6 Å². The van der Waals surface area contributed by atoms with Crippen LogP contribution in [0.5, 0.6) is 0 Å². The summed E-state index contributed by atoms with van der Waals surface area (Å²) in [5, 5.41) is 20.1. The lowest BCUT2D eigenvalue weighted by molar-refractivity contribution is -0.134. The van der Waals surface area contributed by atoms with E-state index in [0.717, 1.165) is 37.8 Å². The van der Waals surface area contributed by atoms with Crippen LogP contribution in [0, 0.1) is 23.2 Å². The van der Waals surface area contributed by atoms with Gasteiger partial charge in [-0.1, -0.05) is 26.8 Å². The highest BCUT2D eigenvalue weighted by Gasteiger charge is 2.54. The van der Waals surface area contributed by atoms with E-state index < -0.39 is 6.10 Å². The maximum Gasteiger partial charge on any atom is 0.267 e. The van der Waals surface area contributed by atoms with Gasteiger partial charge in [0.05, 0.1) is 16.7 Å². The van der Waals surface area contributed by atoms with Crippen LogP contribution in [0.1, 0.15) is 72.6 Å². The number of thiophene rings is 1. The van der Waals surface area contributed by atoms with Crippen molar-refractivity contribution in [3.05, 3.63) is 33.0 Å². The Morgan fingerprint density at radius 3 is 2.78 bits per heavy atom. The number of anilines is 1. The first-order valence-electron chi connectivity index (χ1n) is 11.6. The van der Waals surface area contributed by atoms with E-state index in [0.29, 0.717) is 16.1 Å². The number of amides is 2. The monoisotopic (exact) mass is 473 g/mol. The quantitative estimate of drug-likeness (QED) is 0.599. The van der Waals surface area contributed by atoms with Crippen molar-refractivity contribution in [2.75, 3.05) is 5.32 Å². The number of nitrogens with zero attached hydrogens (tertiary/aromatic N) is 1. The van der Waals surface area contributed by atoms with E-state index in [9.17, 15) is 14.7 Å². The highest BCUT2D eigenvalue weighted by atomic mass is 32.1. The van der Waals surface area contributed by atoms with Gasteiger partial charge in [-0.15, -0.1) is 22.7 Å². The summed E-state index contributed by atoms with van der Waals surface area (Å²) >= 11 is 2.98. The Morgan fingerprint density at radius 2 is 2.09 bits per heavy atom. The molecular formula is C24H31N3O3S2. The predicted octanol–water partition coefficient (Wildman–Crippen LogP) is 4.42. The van der Waals surface area contributed by atoms with Gasteiger partial charge in [-0.05, 0) is 60.8 Å². The number of thiazole rings is 1. The average Bonchev–Trinajstić information content (AvgIpc) is 3.22. The fourth-order valence-electron chi connectivity index (χ4n) is 5.92. The molecule has 0 saturated heterocycles. The lowest BCUT2D eigenvalue weighted by Gasteiger charge is -2.53. The number of hydrogen-bond donors (Lipinski definition) is 3. The zero-order valence-corrected chi connectivity index (χ0v) is 20.4. The molecule has 2 heterocycles. The van der Waals surface area contributed by atoms with Gasteiger partial charge in [0, 0.05) is 22.8 Å². The third-order valence-corrected chi connectivity index (χ3v) is 9.72. The average molecular weight is 474 g/mol. The Balaban J connectivity index is 1.35. The van der Waals surface area contributed by atoms with E-state index in [-0.39, 0.29) is 40.9 Å². The summed E-state index contributed by atoms with van der Waals surface area (Å²) in [6.45, 7) is 6.38. The first-order valence-corrected chi connectivity index (χ1v) is 13.3. The molecule has 8 heteroatoms. The molecule has 2 aromatic rings. The van der Waals surface area contributed by atoms with Crippen LogP contribution in [0.15, 0.2) is 17.5 Å². The minimum absolute atomic E-state index is 0.0312. The van der Waals surface area contributed by atoms with Crippen LogP contribution >= 0.6 is 22.7 Å². The van der Waals surface area contributed by atoms with Gasteiger partial charge in [-0.3, -0.25) is 14.9 Å². The number of nitrogens with one attached hydrogen (secondary N) is 2. The van der Waals surface area contributed by atoms with Crippen molar-refractivity contribution in [2.45, 2.75) is 70.9 Å². The topological polar surface area (TPSA) is 91.3 Å². The van der Waals surface area contributed by atoms with Crippen molar-refractivity contribution in [3.8, 4) is 0 Å². The van der Waals surface area contributed by atoms with Gasteiger partial charge in [0.15, 0.2) is 5.13 Å². The number of hydrogen-bond acceptors (Lipinski definition) is 6. The molecule has 2 saturated carbocycles. The molecule has 2 aromatic heterocycles. The van der Waals surface area contributed by atoms with Gasteiger partial charge >= 0.3 is 0 Å². The van der Waals surface area contributed by atoms with Crippen molar-refractivity contribution in [1.82, 2.24) is 10.3 Å². The number of aliphatic hydroxyl groups excluding tert-OH is 1. The molecule has 0 aromatic carbocycles. The van der Waals surface area contributed by atoms with E-state index in [1.54, 1.807) is 11.3 Å². The van der Waals surface area contributed by atoms with E-state index >= 15 is 0 Å². The molecule has 6 atom stereocenters. The molecule has 0 aliphatic heterocycles. The van der Waals surface area contributed by atoms with Crippen molar-refractivity contribution in [2.24, 2.45) is 23.2 Å². The van der Waals surface area contributed by atoms with Crippen LogP contribution in [-0.4, -0.2) is 34.1 Å². The predicted molar refractivity (Wildman–Crippen MR) is 127 cm³/mol. The zero-order chi connectivity index (χ0) is 22.6. The summed E-state index contributed by atoms with van der Waals surface area (Å²) in [5.74, 6) is -0.154. The third-order valence-electron chi connectivity index (χ3n) is 7.87. The molecule has 2 amide bonds. The molecule has 6 unspecified atom stereocenters. The number of aliphatic hydroxyl groups is 1. The molecule has 3 aliphatic rings. The van der Waals surface area contributed by atoms with E-state index in [1.807, 2.05) is 24.4 Å². The van der Waals surface area contributed by atoms with Crippen molar-refractivity contribution in [3.63, 3.8) is 0 Å². The molecule has 2 fully saturated rings. The van der Waals surface area contributed by atoms with Crippen molar-refractivity contribution >= 4 is 39.6 Å². The van der Waals surface area contributed by atoms with Gasteiger partial charge < -0.3 is 10.4 Å². The second-order valence-corrected chi connectivity index (χ2v) is 12.2. The molecular weight excluding hydrogens is 442 g/mol. The van der Waals surface area contributed by atoms with E-state index in [4.69, 9.17) is 4.98 Å². The largest absolute Gasteiger partial charge is 0.392 e. The Bertz CT molecular complexity index is 1020. The standard InChI is InChI=1S/C24H31N3O3S2/c1-12(21(29)25-14-6-7-14)15-8-9-24(3)11-17-19(13(2)18(24)20(15)28)26-23(32-17)27-22(30)16-5-4-10-31-16/h4-5,10,12-15,18,20,28H,6-9,11H2,1-3H3,(H,25,29)(H,26,27,30). The Hall–Kier alpha value is -1.77. The SMILES string of the molecule is CC(C(=O)NC1CC1)C1CCC2(C)Cc3sc(NC(=O)c4cccs4)nc3C(C)C2C1O. The van der Waals surface area contributed by atoms with Crippen molar-refractivity contribution < 1.29 is 14.7 Å². The molecule has 32 heavy (non-hydrogen) atoms. The molecule has 172 valence electrons.